The Morgan fingerprint density at radius 3 is 2.45 bits per heavy atom. The Bertz CT molecular complexity index is 977. The summed E-state index contributed by atoms with van der Waals surface area (Å²) in [5.41, 5.74) is 11.0. The van der Waals surface area contributed by atoms with E-state index in [1.165, 1.54) is 12.1 Å². The molecule has 3 rings (SSSR count). The molecule has 166 valence electrons. The fourth-order valence-corrected chi connectivity index (χ4v) is 3.62. The highest BCUT2D eigenvalue weighted by molar-refractivity contribution is 5.85. The van der Waals surface area contributed by atoms with Crippen molar-refractivity contribution in [3.63, 3.8) is 0 Å². The van der Waals surface area contributed by atoms with Crippen molar-refractivity contribution < 1.29 is 8.78 Å². The van der Waals surface area contributed by atoms with E-state index in [0.29, 0.717) is 25.1 Å². The lowest BCUT2D eigenvalue weighted by atomic mass is 9.97. The van der Waals surface area contributed by atoms with Crippen LogP contribution in [0.5, 0.6) is 0 Å². The van der Waals surface area contributed by atoms with E-state index in [2.05, 4.69) is 28.3 Å². The van der Waals surface area contributed by atoms with Crippen molar-refractivity contribution in [2.24, 2.45) is 5.73 Å². The molecule has 0 spiro atoms. The van der Waals surface area contributed by atoms with Crippen LogP contribution in [0.2, 0.25) is 0 Å². The van der Waals surface area contributed by atoms with Gasteiger partial charge in [0.05, 0.1) is 5.69 Å². The maximum atomic E-state index is 13.8. The number of hydrogen-bond donors (Lipinski definition) is 2. The van der Waals surface area contributed by atoms with Crippen molar-refractivity contribution in [2.45, 2.75) is 45.7 Å². The molecule has 1 atom stereocenters. The van der Waals surface area contributed by atoms with Gasteiger partial charge in [-0.1, -0.05) is 12.1 Å². The number of nitrogens with zero attached hydrogens (tertiary/aromatic N) is 2. The molecule has 0 aliphatic rings. The number of pyridine rings is 2. The summed E-state index contributed by atoms with van der Waals surface area (Å²) in [4.78, 5) is 9.05. The summed E-state index contributed by atoms with van der Waals surface area (Å²) in [6, 6.07) is 9.42. The number of aryl methyl sites for hydroxylation is 2. The van der Waals surface area contributed by atoms with Crippen molar-refractivity contribution in [3.8, 4) is 11.1 Å². The van der Waals surface area contributed by atoms with Crippen LogP contribution in [0.25, 0.3) is 11.1 Å². The quantitative estimate of drug-likeness (QED) is 0.490. The van der Waals surface area contributed by atoms with Crippen LogP contribution in [0.15, 0.2) is 48.8 Å². The molecular weight excluding hydrogens is 418 g/mol. The molecule has 2 aromatic heterocycles. The number of hydrogen-bond acceptors (Lipinski definition) is 4. The van der Waals surface area contributed by atoms with E-state index in [1.807, 2.05) is 19.2 Å². The third-order valence-corrected chi connectivity index (χ3v) is 5.14. The Kier molecular flexibility index (Phi) is 9.49. The van der Waals surface area contributed by atoms with Gasteiger partial charge in [0.1, 0.15) is 11.6 Å². The summed E-state index contributed by atoms with van der Waals surface area (Å²) in [6.45, 7) is 5.32. The maximum absolute atomic E-state index is 13.8. The minimum atomic E-state index is -0.599. The molecule has 2 heterocycles. The molecule has 0 saturated heterocycles. The van der Waals surface area contributed by atoms with E-state index < -0.39 is 11.6 Å². The van der Waals surface area contributed by atoms with Crippen LogP contribution in [-0.2, 0) is 13.0 Å². The van der Waals surface area contributed by atoms with Gasteiger partial charge in [-0.2, -0.15) is 0 Å². The predicted molar refractivity (Wildman–Crippen MR) is 123 cm³/mol. The van der Waals surface area contributed by atoms with Crippen molar-refractivity contribution >= 4 is 12.4 Å². The number of benzene rings is 1. The molecule has 0 fully saturated rings. The first-order valence-corrected chi connectivity index (χ1v) is 10.2. The van der Waals surface area contributed by atoms with Gasteiger partial charge in [-0.15, -0.1) is 12.4 Å². The third-order valence-electron chi connectivity index (χ3n) is 5.14. The Labute approximate surface area is 188 Å². The molecule has 4 nitrogen and oxygen atoms in total. The monoisotopic (exact) mass is 446 g/mol. The standard InChI is InChI=1S/C24H28F2N4.ClH/c1-16-9-17(2)24(30-14-16)15-29-21(5-3-7-27)13-23-22(6-4-8-28-23)18-10-19(25)12-20(26)11-18;/h4,6,8-12,14,21,29H,3,5,7,13,15,27H2,1-2H3;1H. The second-order valence-electron chi connectivity index (χ2n) is 7.64. The average molecular weight is 447 g/mol. The minimum absolute atomic E-state index is 0. The minimum Gasteiger partial charge on any atom is -0.330 e. The fraction of sp³-hybridized carbons (Fsp3) is 0.333. The lowest BCUT2D eigenvalue weighted by molar-refractivity contribution is 0.459. The van der Waals surface area contributed by atoms with Gasteiger partial charge in [0.15, 0.2) is 0 Å². The predicted octanol–water partition coefficient (Wildman–Crippen LogP) is 4.90. The molecule has 3 aromatic rings. The Hall–Kier alpha value is -2.41. The lowest BCUT2D eigenvalue weighted by Crippen LogP contribution is -2.32. The number of rotatable bonds is 9. The zero-order chi connectivity index (χ0) is 21.5. The van der Waals surface area contributed by atoms with E-state index >= 15 is 0 Å². The molecule has 0 saturated carbocycles. The number of nitrogens with two attached hydrogens (primary N) is 1. The maximum Gasteiger partial charge on any atom is 0.126 e. The van der Waals surface area contributed by atoms with Crippen molar-refractivity contribution in [1.82, 2.24) is 15.3 Å². The Morgan fingerprint density at radius 1 is 1.03 bits per heavy atom. The number of halogens is 3. The average Bonchev–Trinajstić information content (AvgIpc) is 2.70. The molecule has 31 heavy (non-hydrogen) atoms. The van der Waals surface area contributed by atoms with Crippen molar-refractivity contribution in [2.75, 3.05) is 6.54 Å². The molecule has 3 N–H and O–H groups in total. The van der Waals surface area contributed by atoms with Crippen LogP contribution in [-0.4, -0.2) is 22.6 Å². The van der Waals surface area contributed by atoms with Crippen molar-refractivity contribution in [1.29, 1.82) is 0 Å². The summed E-state index contributed by atoms with van der Waals surface area (Å²) in [5, 5.41) is 3.57. The van der Waals surface area contributed by atoms with Gasteiger partial charge >= 0.3 is 0 Å². The van der Waals surface area contributed by atoms with Gasteiger partial charge in [-0.05, 0) is 68.1 Å². The van der Waals surface area contributed by atoms with Crippen LogP contribution < -0.4 is 11.1 Å². The number of nitrogens with one attached hydrogen (secondary N) is 1. The van der Waals surface area contributed by atoms with Gasteiger partial charge in [0, 0.05) is 48.7 Å². The first-order valence-electron chi connectivity index (χ1n) is 10.2. The second kappa shape index (κ2) is 11.8. The van der Waals surface area contributed by atoms with E-state index in [-0.39, 0.29) is 18.4 Å². The Balaban J connectivity index is 0.00000341. The van der Waals surface area contributed by atoms with Crippen LogP contribution >= 0.6 is 12.4 Å². The highest BCUT2D eigenvalue weighted by Gasteiger charge is 2.15. The highest BCUT2D eigenvalue weighted by atomic mass is 35.5. The molecule has 0 radical (unpaired) electrons. The third kappa shape index (κ3) is 7.06. The number of aromatic nitrogens is 2. The first-order chi connectivity index (χ1) is 14.5. The van der Waals surface area contributed by atoms with E-state index in [4.69, 9.17) is 5.73 Å². The highest BCUT2D eigenvalue weighted by Crippen LogP contribution is 2.25. The molecular formula is C24H29ClF2N4. The molecule has 7 heteroatoms. The summed E-state index contributed by atoms with van der Waals surface area (Å²) in [6.07, 6.45) is 5.94. The van der Waals surface area contributed by atoms with Gasteiger partial charge < -0.3 is 11.1 Å². The normalized spacial score (nSPS) is 11.8. The fourth-order valence-electron chi connectivity index (χ4n) is 3.62. The van der Waals surface area contributed by atoms with Gasteiger partial charge in [-0.25, -0.2) is 8.78 Å². The SMILES string of the molecule is Cc1cnc(CNC(CCCN)Cc2ncccc2-c2cc(F)cc(F)c2)c(C)c1.Cl. The zero-order valence-electron chi connectivity index (χ0n) is 17.9. The molecule has 0 amide bonds. The molecule has 1 aromatic carbocycles. The van der Waals surface area contributed by atoms with Crippen molar-refractivity contribution in [3.05, 3.63) is 82.9 Å². The van der Waals surface area contributed by atoms with Crippen LogP contribution in [0.4, 0.5) is 8.78 Å². The van der Waals surface area contributed by atoms with E-state index in [9.17, 15) is 8.78 Å². The zero-order valence-corrected chi connectivity index (χ0v) is 18.7. The molecule has 0 aliphatic heterocycles. The topological polar surface area (TPSA) is 63.8 Å². The van der Waals surface area contributed by atoms with E-state index in [1.54, 1.807) is 12.3 Å². The lowest BCUT2D eigenvalue weighted by Gasteiger charge is -2.20. The first kappa shape index (κ1) is 24.9. The smallest absolute Gasteiger partial charge is 0.126 e. The van der Waals surface area contributed by atoms with Crippen LogP contribution in [0.3, 0.4) is 0 Å². The van der Waals surface area contributed by atoms with Crippen LogP contribution in [0, 0.1) is 25.5 Å². The largest absolute Gasteiger partial charge is 0.330 e. The molecule has 0 aliphatic carbocycles. The molecule has 1 unspecified atom stereocenters. The summed E-state index contributed by atoms with van der Waals surface area (Å²) in [5.74, 6) is -1.20. The van der Waals surface area contributed by atoms with E-state index in [0.717, 1.165) is 47.0 Å². The van der Waals surface area contributed by atoms with Gasteiger partial charge in [0.25, 0.3) is 0 Å². The van der Waals surface area contributed by atoms with Crippen LogP contribution in [0.1, 0.15) is 35.4 Å². The summed E-state index contributed by atoms with van der Waals surface area (Å²) in [7, 11) is 0. The second-order valence-corrected chi connectivity index (χ2v) is 7.64. The van der Waals surface area contributed by atoms with Gasteiger partial charge in [0.2, 0.25) is 0 Å². The Morgan fingerprint density at radius 2 is 1.77 bits per heavy atom. The molecule has 0 bridgehead atoms. The summed E-state index contributed by atoms with van der Waals surface area (Å²) < 4.78 is 27.5. The van der Waals surface area contributed by atoms with Gasteiger partial charge in [-0.3, -0.25) is 9.97 Å². The summed E-state index contributed by atoms with van der Waals surface area (Å²) >= 11 is 0.